The SMILES string of the molecule is C[C@H]1Sc2ccc(C(=O)Nc3ccc4[nH]c(=O)c(=O)[nH]c4c3)cc2NC1=O. The van der Waals surface area contributed by atoms with Crippen molar-refractivity contribution in [2.24, 2.45) is 0 Å². The zero-order chi connectivity index (χ0) is 19.1. The Hall–Kier alpha value is -3.33. The van der Waals surface area contributed by atoms with Crippen LogP contribution >= 0.6 is 11.8 Å². The molecule has 2 heterocycles. The third-order valence-corrected chi connectivity index (χ3v) is 5.33. The van der Waals surface area contributed by atoms with Crippen LogP contribution in [0.4, 0.5) is 11.4 Å². The number of thioether (sulfide) groups is 1. The van der Waals surface area contributed by atoms with Gasteiger partial charge < -0.3 is 20.6 Å². The molecule has 1 aromatic heterocycles. The van der Waals surface area contributed by atoms with E-state index in [9.17, 15) is 19.2 Å². The van der Waals surface area contributed by atoms with Crippen LogP contribution in [0.3, 0.4) is 0 Å². The van der Waals surface area contributed by atoms with E-state index in [0.29, 0.717) is 28.0 Å². The van der Waals surface area contributed by atoms with E-state index in [-0.39, 0.29) is 17.1 Å². The Labute approximate surface area is 156 Å². The molecule has 1 aliphatic rings. The zero-order valence-electron chi connectivity index (χ0n) is 14.1. The summed E-state index contributed by atoms with van der Waals surface area (Å²) in [5.74, 6) is -0.459. The molecule has 0 radical (unpaired) electrons. The summed E-state index contributed by atoms with van der Waals surface area (Å²) in [4.78, 5) is 53.0. The summed E-state index contributed by atoms with van der Waals surface area (Å²) in [5, 5.41) is 5.35. The minimum atomic E-state index is -0.761. The molecule has 1 atom stereocenters. The van der Waals surface area contributed by atoms with E-state index in [1.165, 1.54) is 11.8 Å². The Bertz CT molecular complexity index is 1210. The molecule has 0 fully saturated rings. The third-order valence-electron chi connectivity index (χ3n) is 4.15. The van der Waals surface area contributed by atoms with Gasteiger partial charge in [0.25, 0.3) is 5.91 Å². The number of rotatable bonds is 2. The molecule has 136 valence electrons. The lowest BCUT2D eigenvalue weighted by Crippen LogP contribution is -2.28. The van der Waals surface area contributed by atoms with E-state index in [0.717, 1.165) is 4.90 Å². The standard InChI is InChI=1S/C18H14N4O4S/c1-8-15(23)22-13-6-9(2-5-14(13)27-8)16(24)19-10-3-4-11-12(7-10)21-18(26)17(25)20-11/h2-8H,1H3,(H,19,24)(H,20,25)(H,21,26)(H,22,23)/t8-/m1/s1. The predicted molar refractivity (Wildman–Crippen MR) is 104 cm³/mol. The summed E-state index contributed by atoms with van der Waals surface area (Å²) in [6.07, 6.45) is 0. The zero-order valence-corrected chi connectivity index (χ0v) is 14.9. The Balaban J connectivity index is 1.61. The molecule has 4 rings (SSSR count). The molecular weight excluding hydrogens is 368 g/mol. The molecule has 1 aliphatic heterocycles. The van der Waals surface area contributed by atoms with Crippen LogP contribution in [0, 0.1) is 0 Å². The lowest BCUT2D eigenvalue weighted by molar-refractivity contribution is -0.115. The second-order valence-corrected chi connectivity index (χ2v) is 7.47. The first-order chi connectivity index (χ1) is 12.9. The van der Waals surface area contributed by atoms with Gasteiger partial charge in [0.2, 0.25) is 5.91 Å². The second kappa shape index (κ2) is 6.44. The monoisotopic (exact) mass is 382 g/mol. The molecule has 4 N–H and O–H groups in total. The number of aromatic nitrogens is 2. The van der Waals surface area contributed by atoms with E-state index < -0.39 is 11.1 Å². The number of benzene rings is 2. The Kier molecular flexibility index (Phi) is 4.08. The molecule has 8 nitrogen and oxygen atoms in total. The lowest BCUT2D eigenvalue weighted by Gasteiger charge is -2.21. The molecule has 2 amide bonds. The fraction of sp³-hybridized carbons (Fsp3) is 0.111. The lowest BCUT2D eigenvalue weighted by atomic mass is 10.1. The Morgan fingerprint density at radius 3 is 2.52 bits per heavy atom. The fourth-order valence-corrected chi connectivity index (χ4v) is 3.68. The van der Waals surface area contributed by atoms with Gasteiger partial charge in [0.05, 0.1) is 22.0 Å². The van der Waals surface area contributed by atoms with Crippen molar-refractivity contribution in [1.82, 2.24) is 9.97 Å². The van der Waals surface area contributed by atoms with E-state index in [2.05, 4.69) is 20.6 Å². The molecule has 0 unspecified atom stereocenters. The topological polar surface area (TPSA) is 124 Å². The van der Waals surface area contributed by atoms with Crippen molar-refractivity contribution in [3.63, 3.8) is 0 Å². The van der Waals surface area contributed by atoms with Crippen LogP contribution in [0.5, 0.6) is 0 Å². The molecule has 0 bridgehead atoms. The van der Waals surface area contributed by atoms with Crippen LogP contribution in [0.2, 0.25) is 0 Å². The van der Waals surface area contributed by atoms with Crippen molar-refractivity contribution < 1.29 is 9.59 Å². The number of carbonyl (C=O) groups is 2. The number of hydrogen-bond acceptors (Lipinski definition) is 5. The number of H-pyrrole nitrogens is 2. The normalized spacial score (nSPS) is 15.9. The number of nitrogens with one attached hydrogen (secondary N) is 4. The van der Waals surface area contributed by atoms with Crippen LogP contribution in [0.1, 0.15) is 17.3 Å². The highest BCUT2D eigenvalue weighted by atomic mass is 32.2. The van der Waals surface area contributed by atoms with Gasteiger partial charge in [-0.2, -0.15) is 0 Å². The minimum absolute atomic E-state index is 0.0995. The number of amides is 2. The fourth-order valence-electron chi connectivity index (χ4n) is 2.75. The third kappa shape index (κ3) is 3.24. The molecule has 2 aromatic carbocycles. The largest absolute Gasteiger partial charge is 0.324 e. The highest BCUT2D eigenvalue weighted by Crippen LogP contribution is 2.36. The van der Waals surface area contributed by atoms with Crippen LogP contribution < -0.4 is 21.8 Å². The first kappa shape index (κ1) is 17.1. The van der Waals surface area contributed by atoms with Gasteiger partial charge in [-0.1, -0.05) is 0 Å². The summed E-state index contributed by atoms with van der Waals surface area (Å²) in [7, 11) is 0. The molecule has 0 spiro atoms. The minimum Gasteiger partial charge on any atom is -0.324 e. The summed E-state index contributed by atoms with van der Waals surface area (Å²) >= 11 is 1.44. The summed E-state index contributed by atoms with van der Waals surface area (Å²) in [6.45, 7) is 1.82. The first-order valence-corrected chi connectivity index (χ1v) is 8.98. The number of fused-ring (bicyclic) bond motifs is 2. The van der Waals surface area contributed by atoms with Gasteiger partial charge in [-0.3, -0.25) is 19.2 Å². The number of hydrogen-bond donors (Lipinski definition) is 4. The van der Waals surface area contributed by atoms with Crippen molar-refractivity contribution in [3.05, 3.63) is 62.7 Å². The van der Waals surface area contributed by atoms with E-state index in [1.54, 1.807) is 36.4 Å². The average molecular weight is 382 g/mol. The highest BCUT2D eigenvalue weighted by Gasteiger charge is 2.23. The van der Waals surface area contributed by atoms with E-state index in [1.807, 2.05) is 6.92 Å². The van der Waals surface area contributed by atoms with Crippen molar-refractivity contribution in [3.8, 4) is 0 Å². The maximum Gasteiger partial charge on any atom is 0.314 e. The molecule has 3 aromatic rings. The Morgan fingerprint density at radius 1 is 1.00 bits per heavy atom. The molecule has 9 heteroatoms. The average Bonchev–Trinajstić information content (AvgIpc) is 2.63. The van der Waals surface area contributed by atoms with Crippen molar-refractivity contribution in [2.75, 3.05) is 10.6 Å². The van der Waals surface area contributed by atoms with Crippen molar-refractivity contribution in [1.29, 1.82) is 0 Å². The second-order valence-electron chi connectivity index (χ2n) is 6.08. The van der Waals surface area contributed by atoms with Crippen LogP contribution in [0.15, 0.2) is 50.9 Å². The van der Waals surface area contributed by atoms with Gasteiger partial charge in [-0.05, 0) is 43.3 Å². The summed E-state index contributed by atoms with van der Waals surface area (Å²) < 4.78 is 0. The molecule has 0 saturated carbocycles. The highest BCUT2D eigenvalue weighted by molar-refractivity contribution is 8.00. The van der Waals surface area contributed by atoms with Gasteiger partial charge in [0.1, 0.15) is 0 Å². The van der Waals surface area contributed by atoms with Crippen molar-refractivity contribution in [2.45, 2.75) is 17.1 Å². The number of aromatic amines is 2. The number of anilines is 2. The first-order valence-electron chi connectivity index (χ1n) is 8.10. The van der Waals surface area contributed by atoms with Crippen LogP contribution in [-0.2, 0) is 4.79 Å². The van der Waals surface area contributed by atoms with E-state index in [4.69, 9.17) is 0 Å². The molecule has 27 heavy (non-hydrogen) atoms. The molecular formula is C18H14N4O4S. The van der Waals surface area contributed by atoms with Gasteiger partial charge in [0.15, 0.2) is 0 Å². The number of carbonyl (C=O) groups excluding carboxylic acids is 2. The Morgan fingerprint density at radius 2 is 1.74 bits per heavy atom. The van der Waals surface area contributed by atoms with Crippen LogP contribution in [0.25, 0.3) is 11.0 Å². The summed E-state index contributed by atoms with van der Waals surface area (Å²) in [6, 6.07) is 9.88. The van der Waals surface area contributed by atoms with Gasteiger partial charge in [0, 0.05) is 16.1 Å². The summed E-state index contributed by atoms with van der Waals surface area (Å²) in [5.41, 5.74) is 0.821. The molecule has 0 aliphatic carbocycles. The molecule has 0 saturated heterocycles. The van der Waals surface area contributed by atoms with Crippen LogP contribution in [-0.4, -0.2) is 27.0 Å². The van der Waals surface area contributed by atoms with Gasteiger partial charge >= 0.3 is 11.1 Å². The maximum atomic E-state index is 12.5. The maximum absolute atomic E-state index is 12.5. The smallest absolute Gasteiger partial charge is 0.314 e. The van der Waals surface area contributed by atoms with Gasteiger partial charge in [-0.15, -0.1) is 11.8 Å². The quantitative estimate of drug-likeness (QED) is 0.504. The van der Waals surface area contributed by atoms with E-state index >= 15 is 0 Å². The van der Waals surface area contributed by atoms with Gasteiger partial charge in [-0.25, -0.2) is 0 Å². The predicted octanol–water partition coefficient (Wildman–Crippen LogP) is 1.90. The van der Waals surface area contributed by atoms with Crippen molar-refractivity contribution >= 4 is 46.0 Å².